The summed E-state index contributed by atoms with van der Waals surface area (Å²) < 4.78 is 4.98. The van der Waals surface area contributed by atoms with Gasteiger partial charge in [-0.1, -0.05) is 0 Å². The summed E-state index contributed by atoms with van der Waals surface area (Å²) in [6.07, 6.45) is 0. The molecule has 0 heterocycles. The molecule has 0 unspecified atom stereocenters. The van der Waals surface area contributed by atoms with Crippen LogP contribution in [0.4, 0.5) is 0 Å². The van der Waals surface area contributed by atoms with Crippen LogP contribution in [0.1, 0.15) is 10.4 Å². The first-order valence-electron chi connectivity index (χ1n) is 2.99. The van der Waals surface area contributed by atoms with E-state index in [9.17, 15) is 4.79 Å². The molecule has 0 atom stereocenters. The van der Waals surface area contributed by atoms with E-state index in [0.29, 0.717) is 18.7 Å². The number of aromatic carboxylic acids is 1. The van der Waals surface area contributed by atoms with E-state index >= 15 is 0 Å². The fraction of sp³-hybridized carbons (Fsp3) is 0. The summed E-state index contributed by atoms with van der Waals surface area (Å²) in [6, 6.07) is 6.33. The zero-order valence-electron chi connectivity index (χ0n) is 5.78. The normalized spacial score (nSPS) is 9.27. The molecule has 0 aromatic heterocycles. The second-order valence-corrected chi connectivity index (χ2v) is 2.58. The van der Waals surface area contributed by atoms with Crippen molar-refractivity contribution in [2.45, 2.75) is 0 Å². The Kier molecular flexibility index (Phi) is 2.60. The first-order valence-corrected chi connectivity index (χ1v) is 4.20. The molecule has 0 saturated carbocycles. The van der Waals surface area contributed by atoms with Crippen LogP contribution in [-0.4, -0.2) is 11.1 Å². The van der Waals surface area contributed by atoms with Gasteiger partial charge in [0.1, 0.15) is 0 Å². The molecular formula is C7H5O3Zn. The van der Waals surface area contributed by atoms with Crippen LogP contribution in [0.25, 0.3) is 0 Å². The van der Waals surface area contributed by atoms with Gasteiger partial charge in [-0.2, -0.15) is 0 Å². The molecule has 53 valence electrons. The Morgan fingerprint density at radius 3 is 2.27 bits per heavy atom. The van der Waals surface area contributed by atoms with Crippen LogP contribution in [0, 0.1) is 0 Å². The van der Waals surface area contributed by atoms with Crippen LogP contribution in [0.5, 0.6) is 5.75 Å². The molecule has 0 spiro atoms. The van der Waals surface area contributed by atoms with Gasteiger partial charge in [0, 0.05) is 0 Å². The fourth-order valence-electron chi connectivity index (χ4n) is 0.694. The van der Waals surface area contributed by atoms with Crippen molar-refractivity contribution in [2.24, 2.45) is 0 Å². The van der Waals surface area contributed by atoms with Gasteiger partial charge < -0.3 is 0 Å². The van der Waals surface area contributed by atoms with Crippen LogP contribution in [0.2, 0.25) is 0 Å². The molecule has 1 N–H and O–H groups in total. The van der Waals surface area contributed by atoms with Gasteiger partial charge in [0.15, 0.2) is 0 Å². The van der Waals surface area contributed by atoms with E-state index in [0.717, 1.165) is 5.75 Å². The number of carboxylic acid groups (broad SMARTS) is 1. The average molecular weight is 203 g/mol. The van der Waals surface area contributed by atoms with Crippen LogP contribution in [-0.2, 0) is 18.7 Å². The molecular weight excluding hydrogens is 197 g/mol. The number of hydrogen-bond acceptors (Lipinski definition) is 2. The summed E-state index contributed by atoms with van der Waals surface area (Å²) in [7, 11) is 0. The second kappa shape index (κ2) is 3.49. The van der Waals surface area contributed by atoms with Crippen molar-refractivity contribution in [3.05, 3.63) is 29.8 Å². The van der Waals surface area contributed by atoms with E-state index in [2.05, 4.69) is 0 Å². The SMILES string of the molecule is O=C(O)c1ccc([O][Zn])cc1. The molecule has 1 rings (SSSR count). The number of hydrogen-bond donors (Lipinski definition) is 1. The van der Waals surface area contributed by atoms with Gasteiger partial charge in [-0.25, -0.2) is 0 Å². The minimum atomic E-state index is -0.913. The third kappa shape index (κ3) is 2.02. The molecule has 0 aliphatic rings. The Balaban J connectivity index is 2.91. The topological polar surface area (TPSA) is 46.5 Å². The summed E-state index contributed by atoms with van der Waals surface area (Å²) >= 11 is 0.715. The number of benzene rings is 1. The van der Waals surface area contributed by atoms with Crippen molar-refractivity contribution in [1.29, 1.82) is 0 Å². The van der Waals surface area contributed by atoms with Crippen molar-refractivity contribution in [3.8, 4) is 5.75 Å². The molecule has 0 radical (unpaired) electrons. The van der Waals surface area contributed by atoms with E-state index in [-0.39, 0.29) is 5.56 Å². The van der Waals surface area contributed by atoms with Crippen molar-refractivity contribution < 1.29 is 32.1 Å². The van der Waals surface area contributed by atoms with E-state index in [1.807, 2.05) is 0 Å². The Morgan fingerprint density at radius 1 is 1.36 bits per heavy atom. The van der Waals surface area contributed by atoms with E-state index < -0.39 is 5.97 Å². The van der Waals surface area contributed by atoms with Crippen molar-refractivity contribution in [1.82, 2.24) is 0 Å². The van der Waals surface area contributed by atoms with E-state index in [1.165, 1.54) is 12.1 Å². The van der Waals surface area contributed by atoms with E-state index in [1.54, 1.807) is 12.1 Å². The van der Waals surface area contributed by atoms with Crippen LogP contribution in [0.3, 0.4) is 0 Å². The van der Waals surface area contributed by atoms with Crippen LogP contribution < -0.4 is 3.56 Å². The average Bonchev–Trinajstić information content (AvgIpc) is 2.05. The summed E-state index contributed by atoms with van der Waals surface area (Å²) in [4.78, 5) is 10.4. The molecule has 1 aromatic carbocycles. The Bertz CT molecular complexity index is 255. The van der Waals surface area contributed by atoms with E-state index in [4.69, 9.17) is 8.67 Å². The number of carbonyl (C=O) groups is 1. The molecule has 0 saturated heterocycles. The van der Waals surface area contributed by atoms with Gasteiger partial charge in [-0.15, -0.1) is 0 Å². The summed E-state index contributed by atoms with van der Waals surface area (Å²) in [5, 5.41) is 8.52. The third-order valence-corrected chi connectivity index (χ3v) is 1.97. The van der Waals surface area contributed by atoms with Gasteiger partial charge >= 0.3 is 73.7 Å². The first-order chi connectivity index (χ1) is 5.24. The maximum absolute atomic E-state index is 10.4. The van der Waals surface area contributed by atoms with Gasteiger partial charge in [-0.05, 0) is 0 Å². The molecule has 0 fully saturated rings. The fourth-order valence-corrected chi connectivity index (χ4v) is 1.10. The molecule has 11 heavy (non-hydrogen) atoms. The quantitative estimate of drug-likeness (QED) is 0.734. The Morgan fingerprint density at radius 2 is 1.91 bits per heavy atom. The van der Waals surface area contributed by atoms with Crippen molar-refractivity contribution in [3.63, 3.8) is 0 Å². The third-order valence-electron chi connectivity index (χ3n) is 1.27. The Labute approximate surface area is 74.1 Å². The van der Waals surface area contributed by atoms with Gasteiger partial charge in [0.05, 0.1) is 0 Å². The molecule has 0 amide bonds. The summed E-state index contributed by atoms with van der Waals surface area (Å²) in [5.41, 5.74) is 0.283. The molecule has 0 aliphatic carbocycles. The molecule has 4 heteroatoms. The number of carboxylic acids is 1. The zero-order valence-corrected chi connectivity index (χ0v) is 8.75. The first kappa shape index (κ1) is 8.21. The van der Waals surface area contributed by atoms with Gasteiger partial charge in [0.25, 0.3) is 0 Å². The Hall–Kier alpha value is -0.887. The second-order valence-electron chi connectivity index (χ2n) is 1.97. The minimum absolute atomic E-state index is 0.283. The predicted molar refractivity (Wildman–Crippen MR) is 34.0 cm³/mol. The zero-order chi connectivity index (χ0) is 8.27. The number of rotatable bonds is 2. The van der Waals surface area contributed by atoms with Crippen LogP contribution >= 0.6 is 0 Å². The summed E-state index contributed by atoms with van der Waals surface area (Å²) in [6.45, 7) is 0. The monoisotopic (exact) mass is 201 g/mol. The molecule has 0 aliphatic heterocycles. The van der Waals surface area contributed by atoms with Crippen LogP contribution in [0.15, 0.2) is 24.3 Å². The maximum atomic E-state index is 10.4. The molecule has 0 bridgehead atoms. The summed E-state index contributed by atoms with van der Waals surface area (Å²) in [5.74, 6) is -0.196. The van der Waals surface area contributed by atoms with Gasteiger partial charge in [-0.3, -0.25) is 0 Å². The standard InChI is InChI=1S/C7H6O3.Zn/c8-6-3-1-5(2-4-6)7(9)10;/h1-4,8H,(H,9,10);/q;+1/p-1. The van der Waals surface area contributed by atoms with Crippen molar-refractivity contribution in [2.75, 3.05) is 0 Å². The van der Waals surface area contributed by atoms with Gasteiger partial charge in [0.2, 0.25) is 0 Å². The van der Waals surface area contributed by atoms with Crippen molar-refractivity contribution >= 4 is 5.97 Å². The predicted octanol–water partition coefficient (Wildman–Crippen LogP) is 1.23. The molecule has 1 aromatic rings. The molecule has 3 nitrogen and oxygen atoms in total.